The van der Waals surface area contributed by atoms with Gasteiger partial charge in [-0.25, -0.2) is 0 Å². The summed E-state index contributed by atoms with van der Waals surface area (Å²) < 4.78 is 7.38. The molecule has 0 bridgehead atoms. The second-order valence-corrected chi connectivity index (χ2v) is 2.54. The lowest BCUT2D eigenvalue weighted by Crippen LogP contribution is -1.79. The molecule has 0 aliphatic carbocycles. The Labute approximate surface area is 65.2 Å². The third-order valence-corrected chi connectivity index (χ3v) is 1.52. The summed E-state index contributed by atoms with van der Waals surface area (Å²) in [4.78, 5) is 9.98. The molecule has 60 valence electrons. The van der Waals surface area contributed by atoms with Gasteiger partial charge >= 0.3 is 0 Å². The third-order valence-electron chi connectivity index (χ3n) is 1.52. The maximum absolute atomic E-state index is 9.98. The Morgan fingerprint density at radius 2 is 2.00 bits per heavy atom. The van der Waals surface area contributed by atoms with E-state index in [1.165, 1.54) is 19.3 Å². The molecule has 1 atom stereocenters. The van der Waals surface area contributed by atoms with Gasteiger partial charge in [-0.2, -0.15) is 0 Å². The SMILES string of the molecule is [2H]C(CC=O)CCCCCC. The van der Waals surface area contributed by atoms with Gasteiger partial charge in [-0.15, -0.1) is 0 Å². The number of aldehydes is 1. The fraction of sp³-hybridized carbons (Fsp3) is 0.889. The molecule has 0 heterocycles. The van der Waals surface area contributed by atoms with E-state index in [2.05, 4.69) is 6.92 Å². The molecule has 10 heavy (non-hydrogen) atoms. The minimum Gasteiger partial charge on any atom is -0.303 e. The van der Waals surface area contributed by atoms with Crippen LogP contribution in [0.1, 0.15) is 53.2 Å². The molecule has 0 spiro atoms. The van der Waals surface area contributed by atoms with E-state index >= 15 is 0 Å². The minimum atomic E-state index is -0.149. The van der Waals surface area contributed by atoms with Gasteiger partial charge in [-0.3, -0.25) is 0 Å². The van der Waals surface area contributed by atoms with Crippen LogP contribution in [0.4, 0.5) is 0 Å². The normalized spacial score (nSPS) is 14.3. The van der Waals surface area contributed by atoms with Gasteiger partial charge in [0.2, 0.25) is 0 Å². The van der Waals surface area contributed by atoms with Crippen LogP contribution in [0, 0.1) is 0 Å². The highest BCUT2D eigenvalue weighted by Gasteiger charge is 1.87. The second-order valence-electron chi connectivity index (χ2n) is 2.54. The molecule has 0 aliphatic rings. The van der Waals surface area contributed by atoms with Crippen molar-refractivity contribution in [2.75, 3.05) is 0 Å². The van der Waals surface area contributed by atoms with Crippen LogP contribution in [-0.4, -0.2) is 6.29 Å². The predicted octanol–water partition coefficient (Wildman–Crippen LogP) is 2.94. The van der Waals surface area contributed by atoms with E-state index in [4.69, 9.17) is 1.37 Å². The van der Waals surface area contributed by atoms with Crippen LogP contribution in [0.3, 0.4) is 0 Å². The predicted molar refractivity (Wildman–Crippen MR) is 44.1 cm³/mol. The number of unbranched alkanes of at least 4 members (excludes halogenated alkanes) is 3. The van der Waals surface area contributed by atoms with Gasteiger partial charge < -0.3 is 4.79 Å². The largest absolute Gasteiger partial charge is 0.303 e. The number of hydrogen-bond acceptors (Lipinski definition) is 1. The molecule has 0 aromatic carbocycles. The van der Waals surface area contributed by atoms with Crippen molar-refractivity contribution in [3.05, 3.63) is 0 Å². The van der Waals surface area contributed by atoms with Crippen molar-refractivity contribution in [2.24, 2.45) is 0 Å². The molecule has 0 amide bonds. The van der Waals surface area contributed by atoms with Crippen molar-refractivity contribution in [1.29, 1.82) is 0 Å². The van der Waals surface area contributed by atoms with E-state index in [1.807, 2.05) is 0 Å². The van der Waals surface area contributed by atoms with Crippen molar-refractivity contribution in [3.63, 3.8) is 0 Å². The van der Waals surface area contributed by atoms with Gasteiger partial charge in [0, 0.05) is 7.79 Å². The molecule has 0 N–H and O–H groups in total. The third kappa shape index (κ3) is 7.67. The van der Waals surface area contributed by atoms with Crippen LogP contribution in [0.15, 0.2) is 0 Å². The molecule has 1 heteroatoms. The summed E-state index contributed by atoms with van der Waals surface area (Å²) in [6.07, 6.45) is 6.80. The smallest absolute Gasteiger partial charge is 0.119 e. The Bertz CT molecular complexity index is 93.6. The van der Waals surface area contributed by atoms with E-state index < -0.39 is 0 Å². The molecule has 1 unspecified atom stereocenters. The number of hydrogen-bond donors (Lipinski definition) is 0. The minimum absolute atomic E-state index is 0.149. The summed E-state index contributed by atoms with van der Waals surface area (Å²) in [5.41, 5.74) is 0. The van der Waals surface area contributed by atoms with Crippen LogP contribution < -0.4 is 0 Å². The first kappa shape index (κ1) is 7.77. The highest BCUT2D eigenvalue weighted by atomic mass is 16.1. The van der Waals surface area contributed by atoms with Gasteiger partial charge in [0.05, 0.1) is 0 Å². The molecule has 0 rings (SSSR count). The number of rotatable bonds is 7. The molecule has 0 aromatic heterocycles. The van der Waals surface area contributed by atoms with Gasteiger partial charge in [-0.1, -0.05) is 39.0 Å². The summed E-state index contributed by atoms with van der Waals surface area (Å²) >= 11 is 0. The Morgan fingerprint density at radius 3 is 2.60 bits per heavy atom. The Kier molecular flexibility index (Phi) is 6.74. The lowest BCUT2D eigenvalue weighted by Gasteiger charge is -1.95. The Hall–Kier alpha value is -0.330. The van der Waals surface area contributed by atoms with Gasteiger partial charge in [0.25, 0.3) is 0 Å². The molecular weight excluding hydrogens is 124 g/mol. The average Bonchev–Trinajstić information content (AvgIpc) is 1.99. The Balaban J connectivity index is 3.03. The second kappa shape index (κ2) is 8.67. The molecule has 0 aromatic rings. The van der Waals surface area contributed by atoms with E-state index in [1.54, 1.807) is 0 Å². The molecule has 0 saturated carbocycles. The number of carbonyl (C=O) groups excluding carboxylic acids is 1. The maximum atomic E-state index is 9.98. The van der Waals surface area contributed by atoms with Gasteiger partial charge in [-0.05, 0) is 6.40 Å². The average molecular weight is 143 g/mol. The fourth-order valence-electron chi connectivity index (χ4n) is 0.901. The monoisotopic (exact) mass is 143 g/mol. The lowest BCUT2D eigenvalue weighted by atomic mass is 10.1. The van der Waals surface area contributed by atoms with Gasteiger partial charge in [0.1, 0.15) is 6.29 Å². The standard InChI is InChI=1S/C9H18O/c1-2-3-4-5-6-7-8-9-10/h9H,2-8H2,1H3/i7D. The van der Waals surface area contributed by atoms with Crippen molar-refractivity contribution in [3.8, 4) is 0 Å². The van der Waals surface area contributed by atoms with Crippen LogP contribution in [0.2, 0.25) is 0 Å². The first-order valence-electron chi connectivity index (χ1n) is 4.74. The Morgan fingerprint density at radius 1 is 1.30 bits per heavy atom. The molecule has 0 saturated heterocycles. The summed E-state index contributed by atoms with van der Waals surface area (Å²) in [5, 5.41) is 0. The lowest BCUT2D eigenvalue weighted by molar-refractivity contribution is -0.107. The maximum Gasteiger partial charge on any atom is 0.119 e. The number of carbonyl (C=O) groups is 1. The molecule has 1 nitrogen and oxygen atoms in total. The fourth-order valence-corrected chi connectivity index (χ4v) is 0.901. The van der Waals surface area contributed by atoms with Crippen molar-refractivity contribution in [2.45, 2.75) is 51.8 Å². The van der Waals surface area contributed by atoms with E-state index in [0.29, 0.717) is 6.42 Å². The van der Waals surface area contributed by atoms with E-state index in [-0.39, 0.29) is 6.40 Å². The molecule has 0 fully saturated rings. The molecular formula is C9H18O. The van der Waals surface area contributed by atoms with Gasteiger partial charge in [0.15, 0.2) is 0 Å². The zero-order valence-electron chi connectivity index (χ0n) is 7.81. The van der Waals surface area contributed by atoms with Crippen molar-refractivity contribution in [1.82, 2.24) is 0 Å². The van der Waals surface area contributed by atoms with Crippen LogP contribution in [0.25, 0.3) is 0 Å². The summed E-state index contributed by atoms with van der Waals surface area (Å²) in [5.74, 6) is 0. The zero-order chi connectivity index (χ0) is 8.53. The van der Waals surface area contributed by atoms with Crippen LogP contribution in [-0.2, 0) is 4.79 Å². The first-order chi connectivity index (χ1) is 5.31. The topological polar surface area (TPSA) is 17.1 Å². The highest BCUT2D eigenvalue weighted by Crippen LogP contribution is 2.05. The molecule has 0 radical (unpaired) electrons. The highest BCUT2D eigenvalue weighted by molar-refractivity contribution is 5.48. The summed E-state index contributed by atoms with van der Waals surface area (Å²) in [7, 11) is 0. The molecule has 0 aliphatic heterocycles. The van der Waals surface area contributed by atoms with Crippen LogP contribution in [0.5, 0.6) is 0 Å². The first-order valence-corrected chi connectivity index (χ1v) is 4.17. The van der Waals surface area contributed by atoms with E-state index in [9.17, 15) is 4.79 Å². The summed E-state index contributed by atoms with van der Waals surface area (Å²) in [6.45, 7) is 2.17. The quantitative estimate of drug-likeness (QED) is 0.395. The van der Waals surface area contributed by atoms with Crippen molar-refractivity contribution < 1.29 is 6.17 Å². The summed E-state index contributed by atoms with van der Waals surface area (Å²) in [6, 6.07) is 0. The van der Waals surface area contributed by atoms with E-state index in [0.717, 1.165) is 19.1 Å². The van der Waals surface area contributed by atoms with Crippen LogP contribution >= 0.6 is 0 Å². The zero-order valence-corrected chi connectivity index (χ0v) is 6.81. The van der Waals surface area contributed by atoms with Crippen molar-refractivity contribution >= 4 is 6.29 Å².